The lowest BCUT2D eigenvalue weighted by Gasteiger charge is -2.41. The van der Waals surface area contributed by atoms with Crippen LogP contribution in [0.3, 0.4) is 0 Å². The minimum atomic E-state index is 0.213. The fraction of sp³-hybridized carbons (Fsp3) is 0.917. The van der Waals surface area contributed by atoms with E-state index in [0.717, 1.165) is 19.5 Å². The van der Waals surface area contributed by atoms with E-state index in [1.165, 1.54) is 25.7 Å². The molecule has 0 atom stereocenters. The summed E-state index contributed by atoms with van der Waals surface area (Å²) in [6, 6.07) is 0. The summed E-state index contributed by atoms with van der Waals surface area (Å²) in [5, 5.41) is 6.12. The van der Waals surface area contributed by atoms with E-state index in [-0.39, 0.29) is 5.91 Å². The molecule has 0 spiro atoms. The van der Waals surface area contributed by atoms with Gasteiger partial charge in [-0.1, -0.05) is 13.3 Å². The molecule has 3 heteroatoms. The Morgan fingerprint density at radius 2 is 2.13 bits per heavy atom. The van der Waals surface area contributed by atoms with Gasteiger partial charge < -0.3 is 10.6 Å². The Morgan fingerprint density at radius 3 is 2.60 bits per heavy atom. The van der Waals surface area contributed by atoms with Gasteiger partial charge in [-0.25, -0.2) is 0 Å². The molecule has 15 heavy (non-hydrogen) atoms. The fourth-order valence-electron chi connectivity index (χ4n) is 2.13. The Labute approximate surface area is 93.0 Å². The van der Waals surface area contributed by atoms with Gasteiger partial charge in [0.05, 0.1) is 0 Å². The van der Waals surface area contributed by atoms with Crippen LogP contribution in [-0.2, 0) is 4.79 Å². The lowest BCUT2D eigenvalue weighted by molar-refractivity contribution is -0.122. The van der Waals surface area contributed by atoms with Crippen molar-refractivity contribution in [2.75, 3.05) is 20.1 Å². The summed E-state index contributed by atoms with van der Waals surface area (Å²) in [5.41, 5.74) is 0.443. The molecule has 0 radical (unpaired) electrons. The summed E-state index contributed by atoms with van der Waals surface area (Å²) in [4.78, 5) is 11.5. The normalized spacial score (nSPS) is 18.3. The smallest absolute Gasteiger partial charge is 0.220 e. The Balaban J connectivity index is 2.10. The molecule has 1 amide bonds. The topological polar surface area (TPSA) is 41.1 Å². The highest BCUT2D eigenvalue weighted by Crippen LogP contribution is 2.42. The van der Waals surface area contributed by atoms with Gasteiger partial charge in [0.2, 0.25) is 5.91 Å². The predicted molar refractivity (Wildman–Crippen MR) is 62.7 cm³/mol. The highest BCUT2D eigenvalue weighted by atomic mass is 16.1. The van der Waals surface area contributed by atoms with Crippen molar-refractivity contribution in [3.63, 3.8) is 0 Å². The molecule has 0 unspecified atom stereocenters. The molecule has 88 valence electrons. The molecule has 3 nitrogen and oxygen atoms in total. The second kappa shape index (κ2) is 6.11. The number of amides is 1. The highest BCUT2D eigenvalue weighted by molar-refractivity contribution is 5.75. The third kappa shape index (κ3) is 3.82. The minimum Gasteiger partial charge on any atom is -0.356 e. The first-order valence-corrected chi connectivity index (χ1v) is 6.14. The molecule has 1 fully saturated rings. The Hall–Kier alpha value is -0.570. The Kier molecular flexibility index (Phi) is 5.09. The molecule has 2 N–H and O–H groups in total. The van der Waals surface area contributed by atoms with Crippen molar-refractivity contribution in [2.24, 2.45) is 5.41 Å². The molecule has 0 bridgehead atoms. The van der Waals surface area contributed by atoms with Gasteiger partial charge in [-0.2, -0.15) is 0 Å². The number of hydrogen-bond donors (Lipinski definition) is 2. The first-order chi connectivity index (χ1) is 7.22. The third-order valence-corrected chi connectivity index (χ3v) is 3.66. The lowest BCUT2D eigenvalue weighted by Crippen LogP contribution is -2.41. The Bertz CT molecular complexity index is 194. The van der Waals surface area contributed by atoms with Crippen LogP contribution in [0.1, 0.15) is 45.4 Å². The molecular weight excluding hydrogens is 188 g/mol. The number of carbonyl (C=O) groups excluding carboxylic acids is 1. The number of hydrogen-bond acceptors (Lipinski definition) is 2. The average molecular weight is 212 g/mol. The van der Waals surface area contributed by atoms with Gasteiger partial charge in [0.15, 0.2) is 0 Å². The summed E-state index contributed by atoms with van der Waals surface area (Å²) >= 11 is 0. The zero-order valence-electron chi connectivity index (χ0n) is 10.1. The molecule has 0 aromatic heterocycles. The molecule has 0 saturated heterocycles. The molecule has 1 aliphatic carbocycles. The summed E-state index contributed by atoms with van der Waals surface area (Å²) in [6.07, 6.45) is 6.70. The maximum atomic E-state index is 11.5. The number of nitrogens with one attached hydrogen (secondary N) is 2. The van der Waals surface area contributed by atoms with Crippen LogP contribution < -0.4 is 10.6 Å². The third-order valence-electron chi connectivity index (χ3n) is 3.66. The number of carbonyl (C=O) groups is 1. The molecule has 0 aliphatic heterocycles. The van der Waals surface area contributed by atoms with E-state index < -0.39 is 0 Å². The van der Waals surface area contributed by atoms with Gasteiger partial charge in [-0.05, 0) is 44.7 Å². The van der Waals surface area contributed by atoms with Crippen LogP contribution in [0.15, 0.2) is 0 Å². The van der Waals surface area contributed by atoms with Crippen molar-refractivity contribution in [2.45, 2.75) is 45.4 Å². The maximum Gasteiger partial charge on any atom is 0.220 e. The highest BCUT2D eigenvalue weighted by Gasteiger charge is 2.34. The van der Waals surface area contributed by atoms with E-state index in [9.17, 15) is 4.79 Å². The molecule has 1 saturated carbocycles. The first kappa shape index (κ1) is 12.5. The summed E-state index contributed by atoms with van der Waals surface area (Å²) in [7, 11) is 1.92. The van der Waals surface area contributed by atoms with Crippen molar-refractivity contribution in [1.29, 1.82) is 0 Å². The zero-order chi connectivity index (χ0) is 11.1. The van der Waals surface area contributed by atoms with Crippen molar-refractivity contribution in [3.8, 4) is 0 Å². The minimum absolute atomic E-state index is 0.213. The summed E-state index contributed by atoms with van der Waals surface area (Å²) in [5.74, 6) is 0.213. The van der Waals surface area contributed by atoms with E-state index >= 15 is 0 Å². The van der Waals surface area contributed by atoms with E-state index in [2.05, 4.69) is 17.6 Å². The van der Waals surface area contributed by atoms with Crippen LogP contribution in [-0.4, -0.2) is 26.0 Å². The lowest BCUT2D eigenvalue weighted by atomic mass is 9.67. The first-order valence-electron chi connectivity index (χ1n) is 6.14. The largest absolute Gasteiger partial charge is 0.356 e. The van der Waals surface area contributed by atoms with Gasteiger partial charge in [0.25, 0.3) is 0 Å². The predicted octanol–water partition coefficient (Wildman–Crippen LogP) is 1.68. The second-order valence-corrected chi connectivity index (χ2v) is 4.69. The standard InChI is InChI=1S/C12H24N2O/c1-3-12(7-5-8-12)10-14-11(15)6-4-9-13-2/h13H,3-10H2,1-2H3,(H,14,15). The molecule has 0 aromatic carbocycles. The van der Waals surface area contributed by atoms with Gasteiger partial charge in [-0.15, -0.1) is 0 Å². The number of rotatable bonds is 7. The quantitative estimate of drug-likeness (QED) is 0.630. The second-order valence-electron chi connectivity index (χ2n) is 4.69. The van der Waals surface area contributed by atoms with E-state index in [1.807, 2.05) is 7.05 Å². The molecule has 0 aromatic rings. The zero-order valence-corrected chi connectivity index (χ0v) is 10.1. The van der Waals surface area contributed by atoms with E-state index in [0.29, 0.717) is 11.8 Å². The summed E-state index contributed by atoms with van der Waals surface area (Å²) < 4.78 is 0. The molecule has 1 aliphatic rings. The van der Waals surface area contributed by atoms with Gasteiger partial charge in [-0.3, -0.25) is 4.79 Å². The van der Waals surface area contributed by atoms with Crippen molar-refractivity contribution >= 4 is 5.91 Å². The van der Waals surface area contributed by atoms with Crippen molar-refractivity contribution in [3.05, 3.63) is 0 Å². The van der Waals surface area contributed by atoms with Gasteiger partial charge in [0.1, 0.15) is 0 Å². The van der Waals surface area contributed by atoms with Crippen LogP contribution >= 0.6 is 0 Å². The monoisotopic (exact) mass is 212 g/mol. The van der Waals surface area contributed by atoms with E-state index in [4.69, 9.17) is 0 Å². The van der Waals surface area contributed by atoms with Crippen LogP contribution in [0.25, 0.3) is 0 Å². The molecule has 1 rings (SSSR count). The van der Waals surface area contributed by atoms with Crippen LogP contribution in [0.5, 0.6) is 0 Å². The van der Waals surface area contributed by atoms with Crippen molar-refractivity contribution < 1.29 is 4.79 Å². The van der Waals surface area contributed by atoms with Crippen LogP contribution in [0.4, 0.5) is 0 Å². The Morgan fingerprint density at radius 1 is 1.40 bits per heavy atom. The van der Waals surface area contributed by atoms with Gasteiger partial charge in [0, 0.05) is 13.0 Å². The van der Waals surface area contributed by atoms with E-state index in [1.54, 1.807) is 0 Å². The van der Waals surface area contributed by atoms with Crippen LogP contribution in [0.2, 0.25) is 0 Å². The average Bonchev–Trinajstić information content (AvgIpc) is 2.17. The fourth-order valence-corrected chi connectivity index (χ4v) is 2.13. The van der Waals surface area contributed by atoms with Crippen molar-refractivity contribution in [1.82, 2.24) is 10.6 Å². The summed E-state index contributed by atoms with van der Waals surface area (Å²) in [6.45, 7) is 4.04. The van der Waals surface area contributed by atoms with Crippen LogP contribution in [0, 0.1) is 5.41 Å². The SMILES string of the molecule is CCC1(CNC(=O)CCCNC)CCC1. The van der Waals surface area contributed by atoms with Gasteiger partial charge >= 0.3 is 0 Å². The maximum absolute atomic E-state index is 11.5. The molecular formula is C12H24N2O. The molecule has 0 heterocycles.